The van der Waals surface area contributed by atoms with Crippen LogP contribution >= 0.6 is 0 Å². The topological polar surface area (TPSA) is 157 Å². The molecule has 0 spiro atoms. The molecule has 12 nitrogen and oxygen atoms in total. The van der Waals surface area contributed by atoms with Crippen LogP contribution < -0.4 is 5.32 Å². The number of ether oxygens (including phenoxy) is 5. The van der Waals surface area contributed by atoms with Gasteiger partial charge in [-0.3, -0.25) is 24.0 Å². The number of esters is 4. The SMILES string of the molecule is CC(=O)OCC1OC(OC(C)=O)C(NC(=O)c2ccco2)C(OC(C)=O)C1OC(C)=O. The third kappa shape index (κ3) is 6.81. The molecule has 5 unspecified atom stereocenters. The fraction of sp³-hybridized carbons (Fsp3) is 0.526. The predicted octanol–water partition coefficient (Wildman–Crippen LogP) is 0.0925. The lowest BCUT2D eigenvalue weighted by molar-refractivity contribution is -0.270. The lowest BCUT2D eigenvalue weighted by atomic mass is 9.96. The van der Waals surface area contributed by atoms with Crippen LogP contribution in [0.1, 0.15) is 38.2 Å². The molecule has 0 saturated carbocycles. The molecule has 2 heterocycles. The number of rotatable bonds is 7. The average Bonchev–Trinajstić information content (AvgIpc) is 3.18. The van der Waals surface area contributed by atoms with Crippen molar-refractivity contribution >= 4 is 29.8 Å². The fourth-order valence-electron chi connectivity index (χ4n) is 2.95. The first-order valence-corrected chi connectivity index (χ1v) is 9.23. The quantitative estimate of drug-likeness (QED) is 0.452. The van der Waals surface area contributed by atoms with Crippen LogP contribution in [0, 0.1) is 0 Å². The van der Waals surface area contributed by atoms with Gasteiger partial charge in [-0.15, -0.1) is 0 Å². The average molecular weight is 441 g/mol. The lowest BCUT2D eigenvalue weighted by Gasteiger charge is -2.44. The Morgan fingerprint density at radius 1 is 0.903 bits per heavy atom. The Labute approximate surface area is 177 Å². The van der Waals surface area contributed by atoms with E-state index >= 15 is 0 Å². The molecule has 1 amide bonds. The maximum Gasteiger partial charge on any atom is 0.305 e. The van der Waals surface area contributed by atoms with Crippen molar-refractivity contribution < 1.29 is 52.1 Å². The fourth-order valence-corrected chi connectivity index (χ4v) is 2.95. The van der Waals surface area contributed by atoms with Crippen molar-refractivity contribution in [2.75, 3.05) is 6.61 Å². The van der Waals surface area contributed by atoms with Crippen LogP contribution in [0.4, 0.5) is 0 Å². The first-order valence-electron chi connectivity index (χ1n) is 9.23. The van der Waals surface area contributed by atoms with E-state index in [-0.39, 0.29) is 5.76 Å². The zero-order chi connectivity index (χ0) is 23.1. The second kappa shape index (κ2) is 10.6. The lowest BCUT2D eigenvalue weighted by Crippen LogP contribution is -2.67. The third-order valence-electron chi connectivity index (χ3n) is 4.03. The third-order valence-corrected chi connectivity index (χ3v) is 4.03. The zero-order valence-electron chi connectivity index (χ0n) is 17.3. The molecule has 0 bridgehead atoms. The summed E-state index contributed by atoms with van der Waals surface area (Å²) in [6.45, 7) is 4.08. The van der Waals surface area contributed by atoms with E-state index in [9.17, 15) is 24.0 Å². The number of carbonyl (C=O) groups is 5. The van der Waals surface area contributed by atoms with Gasteiger partial charge in [0.2, 0.25) is 6.29 Å². The molecule has 1 fully saturated rings. The molecule has 0 radical (unpaired) electrons. The first-order chi connectivity index (χ1) is 14.6. The van der Waals surface area contributed by atoms with E-state index < -0.39 is 67.0 Å². The Morgan fingerprint density at radius 2 is 1.52 bits per heavy atom. The molecule has 1 aliphatic rings. The van der Waals surface area contributed by atoms with E-state index in [1.54, 1.807) is 0 Å². The van der Waals surface area contributed by atoms with Gasteiger partial charge in [0.1, 0.15) is 18.8 Å². The van der Waals surface area contributed by atoms with Gasteiger partial charge in [-0.1, -0.05) is 0 Å². The van der Waals surface area contributed by atoms with Crippen molar-refractivity contribution in [2.24, 2.45) is 0 Å². The first kappa shape index (κ1) is 23.9. The normalized spacial score (nSPS) is 25.1. The summed E-state index contributed by atoms with van der Waals surface area (Å²) in [6.07, 6.45) is -4.00. The minimum absolute atomic E-state index is 0.0748. The Kier molecular flexibility index (Phi) is 8.14. The van der Waals surface area contributed by atoms with Gasteiger partial charge in [-0.2, -0.15) is 0 Å². The molecule has 170 valence electrons. The monoisotopic (exact) mass is 441 g/mol. The molecule has 5 atom stereocenters. The highest BCUT2D eigenvalue weighted by molar-refractivity contribution is 5.91. The molecule has 0 aromatic carbocycles. The summed E-state index contributed by atoms with van der Waals surface area (Å²) >= 11 is 0. The molecule has 2 rings (SSSR count). The van der Waals surface area contributed by atoms with Gasteiger partial charge in [0.05, 0.1) is 6.26 Å². The van der Waals surface area contributed by atoms with E-state index in [1.165, 1.54) is 18.4 Å². The van der Waals surface area contributed by atoms with Crippen molar-refractivity contribution in [1.82, 2.24) is 5.32 Å². The van der Waals surface area contributed by atoms with Crippen molar-refractivity contribution in [2.45, 2.75) is 58.3 Å². The molecule has 0 aliphatic carbocycles. The van der Waals surface area contributed by atoms with Gasteiger partial charge in [0, 0.05) is 27.7 Å². The van der Waals surface area contributed by atoms with Gasteiger partial charge in [0.15, 0.2) is 18.0 Å². The van der Waals surface area contributed by atoms with Crippen LogP contribution in [-0.4, -0.2) is 67.0 Å². The van der Waals surface area contributed by atoms with Crippen molar-refractivity contribution in [3.05, 3.63) is 24.2 Å². The molecule has 1 saturated heterocycles. The summed E-state index contributed by atoms with van der Waals surface area (Å²) in [5, 5.41) is 2.51. The highest BCUT2D eigenvalue weighted by Gasteiger charge is 2.52. The molecular formula is C19H23NO11. The number of hydrogen-bond donors (Lipinski definition) is 1. The van der Waals surface area contributed by atoms with Crippen LogP contribution in [0.5, 0.6) is 0 Å². The van der Waals surface area contributed by atoms with Crippen LogP contribution in [0.3, 0.4) is 0 Å². The van der Waals surface area contributed by atoms with Crippen LogP contribution in [0.2, 0.25) is 0 Å². The number of nitrogens with one attached hydrogen (secondary N) is 1. The standard InChI is InChI=1S/C19H23NO11/c1-9(21)27-8-14-16(28-10(2)22)17(29-11(3)23)15(19(31-14)30-12(4)24)20-18(25)13-6-5-7-26-13/h5-7,14-17,19H,8H2,1-4H3,(H,20,25). The molecule has 1 aliphatic heterocycles. The highest BCUT2D eigenvalue weighted by atomic mass is 16.7. The van der Waals surface area contributed by atoms with Gasteiger partial charge >= 0.3 is 23.9 Å². The Hall–Kier alpha value is -3.41. The van der Waals surface area contributed by atoms with E-state index in [0.29, 0.717) is 0 Å². The summed E-state index contributed by atoms with van der Waals surface area (Å²) in [4.78, 5) is 58.9. The van der Waals surface area contributed by atoms with Crippen molar-refractivity contribution in [3.63, 3.8) is 0 Å². The molecule has 1 N–H and O–H groups in total. The smallest absolute Gasteiger partial charge is 0.305 e. The maximum absolute atomic E-state index is 12.5. The summed E-state index contributed by atoms with van der Waals surface area (Å²) < 4.78 is 31.4. The molecule has 31 heavy (non-hydrogen) atoms. The maximum atomic E-state index is 12.5. The van der Waals surface area contributed by atoms with Crippen molar-refractivity contribution in [1.29, 1.82) is 0 Å². The minimum Gasteiger partial charge on any atom is -0.463 e. The Bertz CT molecular complexity index is 819. The van der Waals surface area contributed by atoms with Gasteiger partial charge in [-0.25, -0.2) is 0 Å². The van der Waals surface area contributed by atoms with E-state index in [4.69, 9.17) is 28.1 Å². The number of amides is 1. The van der Waals surface area contributed by atoms with Crippen molar-refractivity contribution in [3.8, 4) is 0 Å². The molecule has 1 aromatic rings. The summed E-state index contributed by atoms with van der Waals surface area (Å²) in [6, 6.07) is 1.58. The van der Waals surface area contributed by atoms with Crippen LogP contribution in [0.25, 0.3) is 0 Å². The summed E-state index contributed by atoms with van der Waals surface area (Å²) in [5.74, 6) is -3.73. The number of furan rings is 1. The van der Waals surface area contributed by atoms with E-state index in [2.05, 4.69) is 5.32 Å². The number of hydrogen-bond acceptors (Lipinski definition) is 11. The molecular weight excluding hydrogens is 418 g/mol. The zero-order valence-corrected chi connectivity index (χ0v) is 17.3. The predicted molar refractivity (Wildman–Crippen MR) is 98.1 cm³/mol. The Balaban J connectivity index is 2.42. The van der Waals surface area contributed by atoms with Crippen LogP contribution in [-0.2, 0) is 42.9 Å². The summed E-state index contributed by atoms with van der Waals surface area (Å²) in [5.41, 5.74) is 0. The van der Waals surface area contributed by atoms with Gasteiger partial charge in [0.25, 0.3) is 5.91 Å². The molecule has 1 aromatic heterocycles. The van der Waals surface area contributed by atoms with Crippen LogP contribution in [0.15, 0.2) is 22.8 Å². The largest absolute Gasteiger partial charge is 0.463 e. The van der Waals surface area contributed by atoms with E-state index in [0.717, 1.165) is 27.7 Å². The second-order valence-corrected chi connectivity index (χ2v) is 6.58. The highest BCUT2D eigenvalue weighted by Crippen LogP contribution is 2.28. The Morgan fingerprint density at radius 3 is 2.03 bits per heavy atom. The summed E-state index contributed by atoms with van der Waals surface area (Å²) in [7, 11) is 0. The van der Waals surface area contributed by atoms with Gasteiger partial charge < -0.3 is 33.4 Å². The minimum atomic E-state index is -1.46. The molecule has 12 heteroatoms. The van der Waals surface area contributed by atoms with E-state index in [1.807, 2.05) is 0 Å². The second-order valence-electron chi connectivity index (χ2n) is 6.58. The number of carbonyl (C=O) groups excluding carboxylic acids is 5. The van der Waals surface area contributed by atoms with Gasteiger partial charge in [-0.05, 0) is 12.1 Å².